The Balaban J connectivity index is 1.52. The Bertz CT molecular complexity index is 862. The minimum absolute atomic E-state index is 0.0488. The van der Waals surface area contributed by atoms with Crippen LogP contribution in [0, 0.1) is 6.92 Å². The zero-order valence-corrected chi connectivity index (χ0v) is 16.0. The zero-order chi connectivity index (χ0) is 17.6. The van der Waals surface area contributed by atoms with Crippen molar-refractivity contribution in [1.29, 1.82) is 0 Å². The van der Waals surface area contributed by atoms with Crippen LogP contribution in [0.15, 0.2) is 58.8 Å². The van der Waals surface area contributed by atoms with Gasteiger partial charge in [0.1, 0.15) is 5.01 Å². The van der Waals surface area contributed by atoms with Crippen LogP contribution in [0.25, 0.3) is 0 Å². The molecule has 1 amide bonds. The lowest BCUT2D eigenvalue weighted by atomic mass is 10.2. The van der Waals surface area contributed by atoms with E-state index in [4.69, 9.17) is 11.6 Å². The minimum Gasteiger partial charge on any atom is -0.326 e. The number of aromatic nitrogens is 1. The molecule has 0 aliphatic heterocycles. The van der Waals surface area contributed by atoms with Crippen molar-refractivity contribution in [3.05, 3.63) is 75.2 Å². The predicted octanol–water partition coefficient (Wildman–Crippen LogP) is 5.58. The summed E-state index contributed by atoms with van der Waals surface area (Å²) in [5, 5.41) is 6.46. The lowest BCUT2D eigenvalue weighted by molar-refractivity contribution is -0.115. The molecule has 0 saturated heterocycles. The summed E-state index contributed by atoms with van der Waals surface area (Å²) in [6.07, 6.45) is 0.292. The van der Waals surface area contributed by atoms with Crippen LogP contribution in [0.5, 0.6) is 0 Å². The standard InChI is InChI=1S/C19H17ClN2OS2/c1-13-5-7-15(8-6-13)21-18(23)10-19-22-16(12-25-19)11-24-17-4-2-3-14(20)9-17/h2-9,12H,10-11H2,1H3,(H,21,23). The van der Waals surface area contributed by atoms with Crippen molar-refractivity contribution in [3.63, 3.8) is 0 Å². The molecule has 3 nitrogen and oxygen atoms in total. The number of benzene rings is 2. The van der Waals surface area contributed by atoms with E-state index in [0.29, 0.717) is 6.42 Å². The first-order chi connectivity index (χ1) is 12.1. The Kier molecular flexibility index (Phi) is 6.13. The molecule has 3 aromatic rings. The first-order valence-corrected chi connectivity index (χ1v) is 10.0. The van der Waals surface area contributed by atoms with Crippen molar-refractivity contribution in [2.45, 2.75) is 24.0 Å². The van der Waals surface area contributed by atoms with Gasteiger partial charge in [-0.3, -0.25) is 4.79 Å². The maximum atomic E-state index is 12.1. The molecule has 0 aliphatic rings. The molecule has 0 bridgehead atoms. The van der Waals surface area contributed by atoms with E-state index >= 15 is 0 Å². The summed E-state index contributed by atoms with van der Waals surface area (Å²) >= 11 is 9.19. The molecule has 1 heterocycles. The van der Waals surface area contributed by atoms with Gasteiger partial charge < -0.3 is 5.32 Å². The van der Waals surface area contributed by atoms with Crippen molar-refractivity contribution in [2.24, 2.45) is 0 Å². The number of nitrogens with zero attached hydrogens (tertiary/aromatic N) is 1. The van der Waals surface area contributed by atoms with Gasteiger partial charge in [0.2, 0.25) is 5.91 Å². The molecular weight excluding hydrogens is 372 g/mol. The second-order valence-corrected chi connectivity index (χ2v) is 8.00. The highest BCUT2D eigenvalue weighted by Crippen LogP contribution is 2.26. The van der Waals surface area contributed by atoms with Crippen LogP contribution in [0.2, 0.25) is 5.02 Å². The van der Waals surface area contributed by atoms with Gasteiger partial charge in [-0.15, -0.1) is 23.1 Å². The van der Waals surface area contributed by atoms with Crippen molar-refractivity contribution in [1.82, 2.24) is 4.98 Å². The second-order valence-electron chi connectivity index (χ2n) is 5.57. The molecule has 0 radical (unpaired) electrons. The number of rotatable bonds is 6. The largest absolute Gasteiger partial charge is 0.326 e. The quantitative estimate of drug-likeness (QED) is 0.560. The average Bonchev–Trinajstić information content (AvgIpc) is 3.02. The molecule has 0 unspecified atom stereocenters. The molecule has 0 saturated carbocycles. The lowest BCUT2D eigenvalue weighted by Crippen LogP contribution is -2.14. The molecule has 1 aromatic heterocycles. The number of amides is 1. The highest BCUT2D eigenvalue weighted by atomic mass is 35.5. The molecule has 3 rings (SSSR count). The molecule has 128 valence electrons. The number of halogens is 1. The Morgan fingerprint density at radius 3 is 2.80 bits per heavy atom. The van der Waals surface area contributed by atoms with Crippen LogP contribution in [0.3, 0.4) is 0 Å². The first-order valence-electron chi connectivity index (χ1n) is 7.77. The second kappa shape index (κ2) is 8.52. The van der Waals surface area contributed by atoms with Crippen LogP contribution in [-0.4, -0.2) is 10.9 Å². The van der Waals surface area contributed by atoms with Gasteiger partial charge in [-0.05, 0) is 37.3 Å². The van der Waals surface area contributed by atoms with Gasteiger partial charge in [-0.2, -0.15) is 0 Å². The third kappa shape index (κ3) is 5.59. The monoisotopic (exact) mass is 388 g/mol. The summed E-state index contributed by atoms with van der Waals surface area (Å²) in [4.78, 5) is 17.8. The van der Waals surface area contributed by atoms with Crippen LogP contribution in [0.1, 0.15) is 16.3 Å². The number of nitrogens with one attached hydrogen (secondary N) is 1. The van der Waals surface area contributed by atoms with Crippen molar-refractivity contribution >= 4 is 46.3 Å². The number of carbonyl (C=O) groups is 1. The fraction of sp³-hybridized carbons (Fsp3) is 0.158. The van der Waals surface area contributed by atoms with Gasteiger partial charge in [-0.25, -0.2) is 4.98 Å². The third-order valence-electron chi connectivity index (χ3n) is 3.43. The van der Waals surface area contributed by atoms with Crippen LogP contribution in [0.4, 0.5) is 5.69 Å². The normalized spacial score (nSPS) is 10.6. The topological polar surface area (TPSA) is 42.0 Å². The minimum atomic E-state index is -0.0488. The molecule has 0 aliphatic carbocycles. The van der Waals surface area contributed by atoms with Crippen molar-refractivity contribution < 1.29 is 4.79 Å². The fourth-order valence-corrected chi connectivity index (χ4v) is 4.19. The number of hydrogen-bond donors (Lipinski definition) is 1. The molecule has 25 heavy (non-hydrogen) atoms. The molecule has 0 fully saturated rings. The van der Waals surface area contributed by atoms with Gasteiger partial charge >= 0.3 is 0 Å². The molecular formula is C19H17ClN2OS2. The van der Waals surface area contributed by atoms with E-state index in [0.717, 1.165) is 32.1 Å². The summed E-state index contributed by atoms with van der Waals surface area (Å²) in [5.74, 6) is 0.711. The van der Waals surface area contributed by atoms with Crippen LogP contribution >= 0.6 is 34.7 Å². The number of anilines is 1. The SMILES string of the molecule is Cc1ccc(NC(=O)Cc2nc(CSc3cccc(Cl)c3)cs2)cc1. The number of thioether (sulfide) groups is 1. The lowest BCUT2D eigenvalue weighted by Gasteiger charge is -2.04. The summed E-state index contributed by atoms with van der Waals surface area (Å²) in [6.45, 7) is 2.02. The zero-order valence-electron chi connectivity index (χ0n) is 13.7. The first kappa shape index (κ1) is 18.0. The summed E-state index contributed by atoms with van der Waals surface area (Å²) in [5.41, 5.74) is 2.96. The van der Waals surface area contributed by atoms with Crippen molar-refractivity contribution in [2.75, 3.05) is 5.32 Å². The van der Waals surface area contributed by atoms with Gasteiger partial charge in [0.15, 0.2) is 0 Å². The van der Waals surface area contributed by atoms with Crippen LogP contribution in [-0.2, 0) is 17.0 Å². The highest BCUT2D eigenvalue weighted by Gasteiger charge is 2.09. The Morgan fingerprint density at radius 1 is 1.24 bits per heavy atom. The number of hydrogen-bond acceptors (Lipinski definition) is 4. The molecule has 6 heteroatoms. The molecule has 0 spiro atoms. The fourth-order valence-electron chi connectivity index (χ4n) is 2.19. The highest BCUT2D eigenvalue weighted by molar-refractivity contribution is 7.98. The maximum absolute atomic E-state index is 12.1. The van der Waals surface area contributed by atoms with E-state index < -0.39 is 0 Å². The maximum Gasteiger partial charge on any atom is 0.231 e. The van der Waals surface area contributed by atoms with Gasteiger partial charge in [-0.1, -0.05) is 35.4 Å². The number of carbonyl (C=O) groups excluding carboxylic acids is 1. The molecule has 0 atom stereocenters. The van der Waals surface area contributed by atoms with Gasteiger partial charge in [0.05, 0.1) is 12.1 Å². The summed E-state index contributed by atoms with van der Waals surface area (Å²) in [7, 11) is 0. The molecule has 1 N–H and O–H groups in total. The Labute approximate surface area is 160 Å². The number of thiazole rings is 1. The summed E-state index contributed by atoms with van der Waals surface area (Å²) in [6, 6.07) is 15.5. The predicted molar refractivity (Wildman–Crippen MR) is 107 cm³/mol. The van der Waals surface area contributed by atoms with E-state index in [1.165, 1.54) is 16.9 Å². The summed E-state index contributed by atoms with van der Waals surface area (Å²) < 4.78 is 0. The smallest absolute Gasteiger partial charge is 0.231 e. The third-order valence-corrected chi connectivity index (χ3v) is 5.59. The van der Waals surface area contributed by atoms with E-state index in [2.05, 4.69) is 10.3 Å². The van der Waals surface area contributed by atoms with Crippen molar-refractivity contribution in [3.8, 4) is 0 Å². The number of aryl methyl sites for hydroxylation is 1. The van der Waals surface area contributed by atoms with E-state index in [1.54, 1.807) is 11.8 Å². The average molecular weight is 389 g/mol. The van der Waals surface area contributed by atoms with E-state index in [9.17, 15) is 4.79 Å². The van der Waals surface area contributed by atoms with Gasteiger partial charge in [0, 0.05) is 26.7 Å². The molecule has 2 aromatic carbocycles. The van der Waals surface area contributed by atoms with E-state index in [-0.39, 0.29) is 5.91 Å². The Hall–Kier alpha value is -1.82. The Morgan fingerprint density at radius 2 is 2.04 bits per heavy atom. The van der Waals surface area contributed by atoms with E-state index in [1.807, 2.05) is 60.8 Å². The van der Waals surface area contributed by atoms with Crippen LogP contribution < -0.4 is 5.32 Å². The van der Waals surface area contributed by atoms with Gasteiger partial charge in [0.25, 0.3) is 0 Å².